The summed E-state index contributed by atoms with van der Waals surface area (Å²) >= 11 is 0. The second-order valence-corrected chi connectivity index (χ2v) is 5.97. The molecule has 0 radical (unpaired) electrons. The predicted octanol–water partition coefficient (Wildman–Crippen LogP) is 3.02. The van der Waals surface area contributed by atoms with E-state index in [9.17, 15) is 0 Å². The summed E-state index contributed by atoms with van der Waals surface area (Å²) in [5.74, 6) is 0.958. The first-order valence-electron chi connectivity index (χ1n) is 7.82. The van der Waals surface area contributed by atoms with Gasteiger partial charge in [0.1, 0.15) is 5.75 Å². The van der Waals surface area contributed by atoms with Gasteiger partial charge in [-0.25, -0.2) is 0 Å². The average Bonchev–Trinajstić information content (AvgIpc) is 2.48. The topological polar surface area (TPSA) is 30.5 Å². The molecule has 0 amide bonds. The van der Waals surface area contributed by atoms with Crippen LogP contribution in [0.15, 0.2) is 18.2 Å². The number of hydrogen-bond donors (Lipinski definition) is 1. The van der Waals surface area contributed by atoms with E-state index < -0.39 is 0 Å². The summed E-state index contributed by atoms with van der Waals surface area (Å²) in [6, 6.07) is 7.08. The minimum atomic E-state index is -0.0645. The van der Waals surface area contributed by atoms with Crippen molar-refractivity contribution in [3.63, 3.8) is 0 Å². The zero-order valence-electron chi connectivity index (χ0n) is 12.6. The number of fused-ring (bicyclic) bond motifs is 2. The van der Waals surface area contributed by atoms with Crippen molar-refractivity contribution in [1.82, 2.24) is 5.32 Å². The van der Waals surface area contributed by atoms with Crippen LogP contribution in [0.3, 0.4) is 0 Å². The van der Waals surface area contributed by atoms with Gasteiger partial charge in [0.05, 0.1) is 12.7 Å². The lowest BCUT2D eigenvalue weighted by Crippen LogP contribution is -2.46. The minimum Gasteiger partial charge on any atom is -0.497 e. The molecule has 0 saturated carbocycles. The molecule has 1 aromatic rings. The van der Waals surface area contributed by atoms with Crippen LogP contribution in [0.1, 0.15) is 43.7 Å². The Labute approximate surface area is 121 Å². The van der Waals surface area contributed by atoms with Gasteiger partial charge in [0.15, 0.2) is 0 Å². The lowest BCUT2D eigenvalue weighted by molar-refractivity contribution is -0.104. The molecule has 1 fully saturated rings. The number of benzene rings is 1. The predicted molar refractivity (Wildman–Crippen MR) is 80.3 cm³/mol. The Hall–Kier alpha value is -1.06. The lowest BCUT2D eigenvalue weighted by atomic mass is 9.74. The molecular formula is C17H25NO2. The molecule has 1 spiro atoms. The summed E-state index contributed by atoms with van der Waals surface area (Å²) < 4.78 is 11.7. The Kier molecular flexibility index (Phi) is 3.99. The van der Waals surface area contributed by atoms with E-state index in [0.717, 1.165) is 44.6 Å². The molecule has 0 bridgehead atoms. The van der Waals surface area contributed by atoms with Crippen molar-refractivity contribution in [2.24, 2.45) is 0 Å². The Morgan fingerprint density at radius 3 is 3.15 bits per heavy atom. The molecule has 2 aliphatic rings. The number of hydrogen-bond acceptors (Lipinski definition) is 3. The van der Waals surface area contributed by atoms with E-state index in [1.807, 2.05) is 0 Å². The third kappa shape index (κ3) is 2.45. The van der Waals surface area contributed by atoms with Crippen LogP contribution in [0, 0.1) is 0 Å². The average molecular weight is 275 g/mol. The number of rotatable bonds is 3. The Bertz CT molecular complexity index is 472. The fraction of sp³-hybridized carbons (Fsp3) is 0.647. The van der Waals surface area contributed by atoms with Crippen LogP contribution in [0.2, 0.25) is 0 Å². The second-order valence-electron chi connectivity index (χ2n) is 5.97. The first kappa shape index (κ1) is 13.9. The molecule has 110 valence electrons. The molecule has 1 aliphatic heterocycles. The molecule has 1 heterocycles. The van der Waals surface area contributed by atoms with Crippen molar-refractivity contribution in [3.05, 3.63) is 29.3 Å². The van der Waals surface area contributed by atoms with Crippen molar-refractivity contribution >= 4 is 0 Å². The van der Waals surface area contributed by atoms with E-state index in [-0.39, 0.29) is 5.60 Å². The van der Waals surface area contributed by atoms with Gasteiger partial charge in [-0.05, 0) is 61.9 Å². The van der Waals surface area contributed by atoms with Crippen LogP contribution >= 0.6 is 0 Å². The SMILES string of the molecule is CCNC1CCOC2(CCCc3cc(OC)ccc32)C1. The fourth-order valence-corrected chi connectivity index (χ4v) is 3.83. The van der Waals surface area contributed by atoms with Gasteiger partial charge in [-0.1, -0.05) is 13.0 Å². The van der Waals surface area contributed by atoms with Crippen molar-refractivity contribution < 1.29 is 9.47 Å². The Balaban J connectivity index is 1.91. The largest absolute Gasteiger partial charge is 0.497 e. The van der Waals surface area contributed by atoms with E-state index in [0.29, 0.717) is 6.04 Å². The van der Waals surface area contributed by atoms with E-state index in [1.165, 1.54) is 17.5 Å². The van der Waals surface area contributed by atoms with Gasteiger partial charge in [-0.15, -0.1) is 0 Å². The van der Waals surface area contributed by atoms with Gasteiger partial charge in [-0.2, -0.15) is 0 Å². The standard InChI is InChI=1S/C17H25NO2/c1-3-18-14-8-10-20-17(12-14)9-4-5-13-11-15(19-2)6-7-16(13)17/h6-7,11,14,18H,3-5,8-10,12H2,1-2H3. The molecule has 0 aromatic heterocycles. The van der Waals surface area contributed by atoms with Crippen molar-refractivity contribution in [3.8, 4) is 5.75 Å². The van der Waals surface area contributed by atoms with Crippen LogP contribution in [-0.4, -0.2) is 26.3 Å². The minimum absolute atomic E-state index is 0.0645. The highest BCUT2D eigenvalue weighted by Crippen LogP contribution is 2.45. The van der Waals surface area contributed by atoms with Crippen LogP contribution < -0.4 is 10.1 Å². The zero-order valence-corrected chi connectivity index (χ0v) is 12.6. The maximum absolute atomic E-state index is 6.30. The van der Waals surface area contributed by atoms with Crippen LogP contribution in [0.4, 0.5) is 0 Å². The summed E-state index contributed by atoms with van der Waals surface area (Å²) in [7, 11) is 1.73. The van der Waals surface area contributed by atoms with E-state index >= 15 is 0 Å². The van der Waals surface area contributed by atoms with Crippen LogP contribution in [-0.2, 0) is 16.8 Å². The van der Waals surface area contributed by atoms with Crippen LogP contribution in [0.25, 0.3) is 0 Å². The quantitative estimate of drug-likeness (QED) is 0.920. The summed E-state index contributed by atoms with van der Waals surface area (Å²) in [5.41, 5.74) is 2.74. The first-order valence-corrected chi connectivity index (χ1v) is 7.82. The number of nitrogens with one attached hydrogen (secondary N) is 1. The van der Waals surface area contributed by atoms with Crippen molar-refractivity contribution in [2.45, 2.75) is 50.7 Å². The maximum Gasteiger partial charge on any atom is 0.119 e. The molecule has 1 saturated heterocycles. The zero-order chi connectivity index (χ0) is 14.0. The number of ether oxygens (including phenoxy) is 2. The third-order valence-corrected chi connectivity index (χ3v) is 4.74. The van der Waals surface area contributed by atoms with Gasteiger partial charge < -0.3 is 14.8 Å². The fourth-order valence-electron chi connectivity index (χ4n) is 3.83. The highest BCUT2D eigenvalue weighted by molar-refractivity contribution is 5.41. The molecule has 1 aliphatic carbocycles. The van der Waals surface area contributed by atoms with E-state index in [4.69, 9.17) is 9.47 Å². The van der Waals surface area contributed by atoms with Crippen molar-refractivity contribution in [1.29, 1.82) is 0 Å². The van der Waals surface area contributed by atoms with E-state index in [1.54, 1.807) is 7.11 Å². The lowest BCUT2D eigenvalue weighted by Gasteiger charge is -2.45. The summed E-state index contributed by atoms with van der Waals surface area (Å²) in [5, 5.41) is 3.60. The van der Waals surface area contributed by atoms with Gasteiger partial charge in [0, 0.05) is 12.6 Å². The number of methoxy groups -OCH3 is 1. The first-order chi connectivity index (χ1) is 9.77. The summed E-state index contributed by atoms with van der Waals surface area (Å²) in [4.78, 5) is 0. The molecule has 2 atom stereocenters. The third-order valence-electron chi connectivity index (χ3n) is 4.74. The smallest absolute Gasteiger partial charge is 0.119 e. The van der Waals surface area contributed by atoms with Gasteiger partial charge in [-0.3, -0.25) is 0 Å². The summed E-state index contributed by atoms with van der Waals surface area (Å²) in [6.45, 7) is 4.08. The molecule has 1 N–H and O–H groups in total. The van der Waals surface area contributed by atoms with Crippen LogP contribution in [0.5, 0.6) is 5.75 Å². The number of aryl methyl sites for hydroxylation is 1. The molecule has 1 aromatic carbocycles. The van der Waals surface area contributed by atoms with Crippen molar-refractivity contribution in [2.75, 3.05) is 20.3 Å². The van der Waals surface area contributed by atoms with Gasteiger partial charge in [0.2, 0.25) is 0 Å². The molecule has 3 nitrogen and oxygen atoms in total. The molecular weight excluding hydrogens is 250 g/mol. The molecule has 2 unspecified atom stereocenters. The molecule has 3 rings (SSSR count). The van der Waals surface area contributed by atoms with Gasteiger partial charge >= 0.3 is 0 Å². The maximum atomic E-state index is 6.30. The second kappa shape index (κ2) is 5.74. The molecule has 20 heavy (non-hydrogen) atoms. The summed E-state index contributed by atoms with van der Waals surface area (Å²) in [6.07, 6.45) is 5.72. The normalized spacial score (nSPS) is 29.2. The monoisotopic (exact) mass is 275 g/mol. The highest BCUT2D eigenvalue weighted by Gasteiger charge is 2.41. The highest BCUT2D eigenvalue weighted by atomic mass is 16.5. The molecule has 3 heteroatoms. The Morgan fingerprint density at radius 2 is 2.35 bits per heavy atom. The van der Waals surface area contributed by atoms with E-state index in [2.05, 4.69) is 30.4 Å². The Morgan fingerprint density at radius 1 is 1.45 bits per heavy atom. The van der Waals surface area contributed by atoms with Gasteiger partial charge in [0.25, 0.3) is 0 Å².